The molecule has 0 atom stereocenters. The van der Waals surface area contributed by atoms with Crippen LogP contribution in [0.3, 0.4) is 0 Å². The number of carbonyl (C=O) groups is 2. The molecule has 0 radical (unpaired) electrons. The predicted octanol–water partition coefficient (Wildman–Crippen LogP) is 8.96. The zero-order valence-corrected chi connectivity index (χ0v) is 22.1. The quantitative estimate of drug-likeness (QED) is 0.122. The molecule has 2 aromatic heterocycles. The summed E-state index contributed by atoms with van der Waals surface area (Å²) in [5, 5.41) is 3.60. The molecule has 5 aromatic rings. The minimum Gasteiger partial charge on any atom is -0.462 e. The number of benzene rings is 3. The minimum atomic E-state index is -0.334. The second-order valence-electron chi connectivity index (χ2n) is 9.86. The summed E-state index contributed by atoms with van der Waals surface area (Å²) in [7, 11) is 0. The fraction of sp³-hybridized carbons (Fsp3) is 0.375. The van der Waals surface area contributed by atoms with Gasteiger partial charge >= 0.3 is 11.9 Å². The van der Waals surface area contributed by atoms with Crippen LogP contribution in [0.5, 0.6) is 0 Å². The van der Waals surface area contributed by atoms with Crippen LogP contribution in [0.1, 0.15) is 85.9 Å². The lowest BCUT2D eigenvalue weighted by molar-refractivity contribution is 0.0488. The first-order valence-corrected chi connectivity index (χ1v) is 13.8. The molecule has 6 nitrogen and oxygen atoms in total. The van der Waals surface area contributed by atoms with Crippen molar-refractivity contribution in [1.29, 1.82) is 0 Å². The zero-order valence-electron chi connectivity index (χ0n) is 22.1. The molecule has 0 amide bonds. The van der Waals surface area contributed by atoms with Gasteiger partial charge in [0.2, 0.25) is 0 Å². The molecule has 0 bridgehead atoms. The largest absolute Gasteiger partial charge is 0.462 e. The van der Waals surface area contributed by atoms with Crippen LogP contribution in [0.4, 0.5) is 0 Å². The minimum absolute atomic E-state index is 0.334. The Morgan fingerprint density at radius 1 is 0.553 bits per heavy atom. The van der Waals surface area contributed by atoms with E-state index in [1.807, 2.05) is 24.3 Å². The van der Waals surface area contributed by atoms with Gasteiger partial charge in [-0.2, -0.15) is 0 Å². The van der Waals surface area contributed by atoms with Crippen LogP contribution in [0.15, 0.2) is 57.4 Å². The highest BCUT2D eigenvalue weighted by Crippen LogP contribution is 2.37. The van der Waals surface area contributed by atoms with E-state index in [0.29, 0.717) is 46.7 Å². The van der Waals surface area contributed by atoms with Gasteiger partial charge in [0.15, 0.2) is 0 Å². The van der Waals surface area contributed by atoms with E-state index in [1.54, 1.807) is 24.3 Å². The number of unbranched alkanes of at least 4 members (excludes halogenated alkanes) is 6. The van der Waals surface area contributed by atoms with E-state index in [1.165, 1.54) is 0 Å². The first kappa shape index (κ1) is 25.8. The van der Waals surface area contributed by atoms with Gasteiger partial charge in [-0.25, -0.2) is 9.59 Å². The summed E-state index contributed by atoms with van der Waals surface area (Å²) in [5.74, 6) is -0.669. The first-order valence-electron chi connectivity index (χ1n) is 13.8. The molecule has 0 saturated carbocycles. The van der Waals surface area contributed by atoms with Crippen molar-refractivity contribution < 1.29 is 27.9 Å². The van der Waals surface area contributed by atoms with Gasteiger partial charge < -0.3 is 18.3 Å². The number of ether oxygens (including phenoxy) is 2. The van der Waals surface area contributed by atoms with E-state index >= 15 is 0 Å². The van der Waals surface area contributed by atoms with E-state index in [4.69, 9.17) is 18.3 Å². The number of rotatable bonds is 12. The molecule has 0 aliphatic carbocycles. The highest BCUT2D eigenvalue weighted by atomic mass is 16.5. The van der Waals surface area contributed by atoms with Gasteiger partial charge in [0, 0.05) is 21.5 Å². The van der Waals surface area contributed by atoms with Crippen LogP contribution < -0.4 is 0 Å². The summed E-state index contributed by atoms with van der Waals surface area (Å²) in [6.07, 6.45) is 8.46. The van der Waals surface area contributed by atoms with Crippen LogP contribution >= 0.6 is 0 Å². The molecule has 5 rings (SSSR count). The highest BCUT2D eigenvalue weighted by Gasteiger charge is 2.17. The molecule has 0 fully saturated rings. The van der Waals surface area contributed by atoms with Gasteiger partial charge in [-0.15, -0.1) is 0 Å². The lowest BCUT2D eigenvalue weighted by Crippen LogP contribution is -2.06. The Morgan fingerprint density at radius 3 is 1.39 bits per heavy atom. The smallest absolute Gasteiger partial charge is 0.338 e. The van der Waals surface area contributed by atoms with E-state index in [0.717, 1.165) is 72.9 Å². The molecule has 0 spiro atoms. The molecule has 0 saturated heterocycles. The molecule has 3 aromatic carbocycles. The molecular formula is C32H34O6. The van der Waals surface area contributed by atoms with E-state index in [2.05, 4.69) is 13.8 Å². The molecular weight excluding hydrogens is 480 g/mol. The maximum atomic E-state index is 12.5. The van der Waals surface area contributed by atoms with Crippen molar-refractivity contribution >= 4 is 55.8 Å². The SMILES string of the molecule is CCCCCCOC(=O)c1ccc2c(c1)oc1cc3c(cc12)oc1cc(C(=O)OCCCCCC)ccc13. The summed E-state index contributed by atoms with van der Waals surface area (Å²) in [6.45, 7) is 5.16. The topological polar surface area (TPSA) is 78.9 Å². The van der Waals surface area contributed by atoms with Crippen molar-refractivity contribution in [2.24, 2.45) is 0 Å². The van der Waals surface area contributed by atoms with E-state index < -0.39 is 0 Å². The van der Waals surface area contributed by atoms with Gasteiger partial charge in [-0.05, 0) is 61.4 Å². The molecule has 0 N–H and O–H groups in total. The van der Waals surface area contributed by atoms with Crippen molar-refractivity contribution in [1.82, 2.24) is 0 Å². The van der Waals surface area contributed by atoms with Crippen molar-refractivity contribution in [2.45, 2.75) is 65.2 Å². The number of carbonyl (C=O) groups excluding carboxylic acids is 2. The Balaban J connectivity index is 1.36. The van der Waals surface area contributed by atoms with Crippen molar-refractivity contribution in [3.8, 4) is 0 Å². The predicted molar refractivity (Wildman–Crippen MR) is 150 cm³/mol. The summed E-state index contributed by atoms with van der Waals surface area (Å²) in [4.78, 5) is 25.0. The van der Waals surface area contributed by atoms with Crippen LogP contribution in [-0.2, 0) is 9.47 Å². The lowest BCUT2D eigenvalue weighted by atomic mass is 10.1. The van der Waals surface area contributed by atoms with Crippen LogP contribution in [0.2, 0.25) is 0 Å². The number of hydrogen-bond donors (Lipinski definition) is 0. The highest BCUT2D eigenvalue weighted by molar-refractivity contribution is 6.15. The Kier molecular flexibility index (Phi) is 7.97. The third-order valence-corrected chi connectivity index (χ3v) is 7.00. The van der Waals surface area contributed by atoms with Gasteiger partial charge in [0.05, 0.1) is 24.3 Å². The van der Waals surface area contributed by atoms with Gasteiger partial charge in [0.1, 0.15) is 22.3 Å². The number of esters is 2. The van der Waals surface area contributed by atoms with Crippen LogP contribution in [0.25, 0.3) is 43.9 Å². The van der Waals surface area contributed by atoms with E-state index in [9.17, 15) is 9.59 Å². The monoisotopic (exact) mass is 514 g/mol. The molecule has 6 heteroatoms. The maximum absolute atomic E-state index is 12.5. The Labute approximate surface area is 221 Å². The van der Waals surface area contributed by atoms with Crippen LogP contribution in [0, 0.1) is 0 Å². The van der Waals surface area contributed by atoms with Gasteiger partial charge in [-0.3, -0.25) is 0 Å². The number of furan rings is 2. The molecule has 2 heterocycles. The van der Waals surface area contributed by atoms with Gasteiger partial charge in [0.25, 0.3) is 0 Å². The maximum Gasteiger partial charge on any atom is 0.338 e. The van der Waals surface area contributed by atoms with E-state index in [-0.39, 0.29) is 11.9 Å². The molecule has 0 aliphatic rings. The molecule has 198 valence electrons. The first-order chi connectivity index (χ1) is 18.6. The summed E-state index contributed by atoms with van der Waals surface area (Å²) in [5.41, 5.74) is 3.62. The Morgan fingerprint density at radius 2 is 0.974 bits per heavy atom. The summed E-state index contributed by atoms with van der Waals surface area (Å²) < 4.78 is 23.1. The zero-order chi connectivity index (χ0) is 26.5. The fourth-order valence-corrected chi connectivity index (χ4v) is 4.85. The van der Waals surface area contributed by atoms with Gasteiger partial charge in [-0.1, -0.05) is 52.4 Å². The van der Waals surface area contributed by atoms with Crippen molar-refractivity contribution in [3.63, 3.8) is 0 Å². The normalized spacial score (nSPS) is 11.6. The van der Waals surface area contributed by atoms with Crippen LogP contribution in [-0.4, -0.2) is 25.2 Å². The number of hydrogen-bond acceptors (Lipinski definition) is 6. The summed E-state index contributed by atoms with van der Waals surface area (Å²) in [6, 6.07) is 14.7. The fourth-order valence-electron chi connectivity index (χ4n) is 4.85. The number of fused-ring (bicyclic) bond motifs is 6. The molecule has 0 unspecified atom stereocenters. The summed E-state index contributed by atoms with van der Waals surface area (Å²) >= 11 is 0. The van der Waals surface area contributed by atoms with Crippen molar-refractivity contribution in [2.75, 3.05) is 13.2 Å². The Hall–Kier alpha value is -3.80. The molecule has 38 heavy (non-hydrogen) atoms. The lowest BCUT2D eigenvalue weighted by Gasteiger charge is -2.04. The van der Waals surface area contributed by atoms with Crippen molar-refractivity contribution in [3.05, 3.63) is 59.7 Å². The standard InChI is InChI=1S/C32H34O6/c1-3-5-7-9-15-35-31(33)21-11-13-23-25-19-30-26(20-29(25)37-27(23)17-21)24-14-12-22(18-28(24)38-30)32(34)36-16-10-8-6-4-2/h11-14,17-20H,3-10,15-16H2,1-2H3. The third-order valence-electron chi connectivity index (χ3n) is 7.00. The Bertz CT molecular complexity index is 1470. The second-order valence-corrected chi connectivity index (χ2v) is 9.86. The molecule has 0 aliphatic heterocycles. The second kappa shape index (κ2) is 11.7. The average molecular weight is 515 g/mol. The third kappa shape index (κ3) is 5.40. The average Bonchev–Trinajstić information content (AvgIpc) is 3.47.